The summed E-state index contributed by atoms with van der Waals surface area (Å²) in [5.74, 6) is 0. The Morgan fingerprint density at radius 2 is 1.90 bits per heavy atom. The molecule has 1 aliphatic rings. The fourth-order valence-electron chi connectivity index (χ4n) is 2.30. The van der Waals surface area contributed by atoms with E-state index in [1.165, 1.54) is 16.7 Å². The molecule has 0 bridgehead atoms. The van der Waals surface area contributed by atoms with Crippen molar-refractivity contribution in [3.8, 4) is 0 Å². The van der Waals surface area contributed by atoms with Gasteiger partial charge in [0.2, 0.25) is 0 Å². The van der Waals surface area contributed by atoms with E-state index >= 15 is 0 Å². The maximum absolute atomic E-state index is 12.3. The van der Waals surface area contributed by atoms with E-state index in [2.05, 4.69) is 10.00 Å². The second kappa shape index (κ2) is 7.28. The lowest BCUT2D eigenvalue weighted by Gasteiger charge is -2.16. The van der Waals surface area contributed by atoms with Crippen LogP contribution in [-0.4, -0.2) is 59.9 Å². The molecule has 0 saturated carbocycles. The summed E-state index contributed by atoms with van der Waals surface area (Å²) in [5, 5.41) is 4.40. The largest absolute Gasteiger partial charge is 0.301 e. The summed E-state index contributed by atoms with van der Waals surface area (Å²) in [4.78, 5) is 2.39. The molecule has 1 aromatic heterocycles. The van der Waals surface area contributed by atoms with Crippen LogP contribution in [0.15, 0.2) is 17.3 Å². The molecule has 2 rings (SSSR count). The van der Waals surface area contributed by atoms with E-state index in [0.717, 1.165) is 26.2 Å². The molecule has 20 heavy (non-hydrogen) atoms. The summed E-state index contributed by atoms with van der Waals surface area (Å²) < 4.78 is 27.9. The lowest BCUT2D eigenvalue weighted by molar-refractivity contribution is 0.314. The second-order valence-corrected chi connectivity index (χ2v) is 9.30. The molecule has 0 spiro atoms. The maximum Gasteiger partial charge on any atom is 0.268 e. The van der Waals surface area contributed by atoms with Crippen LogP contribution in [0.1, 0.15) is 12.8 Å². The van der Waals surface area contributed by atoms with Crippen LogP contribution < -0.4 is 0 Å². The van der Waals surface area contributed by atoms with Crippen LogP contribution in [-0.2, 0) is 16.6 Å². The number of likely N-dealkylation sites (tertiary alicyclic amines) is 1. The van der Waals surface area contributed by atoms with Crippen LogP contribution in [0.5, 0.6) is 0 Å². The fourth-order valence-corrected chi connectivity index (χ4v) is 6.31. The number of nitrogens with zero attached hydrogens (tertiary/aromatic N) is 4. The van der Waals surface area contributed by atoms with Crippen molar-refractivity contribution in [2.24, 2.45) is 0 Å². The van der Waals surface area contributed by atoms with Gasteiger partial charge >= 0.3 is 0 Å². The molecular weight excluding hydrogens is 314 g/mol. The quantitative estimate of drug-likeness (QED) is 0.707. The van der Waals surface area contributed by atoms with E-state index in [1.54, 1.807) is 16.9 Å². The van der Waals surface area contributed by atoms with Crippen LogP contribution in [0, 0.1) is 0 Å². The van der Waals surface area contributed by atoms with Gasteiger partial charge < -0.3 is 4.90 Å². The minimum atomic E-state index is -3.41. The average molecular weight is 336 g/mol. The van der Waals surface area contributed by atoms with Gasteiger partial charge in [-0.2, -0.15) is 8.94 Å². The molecule has 0 N–H and O–H groups in total. The monoisotopic (exact) mass is 336 g/mol. The summed E-state index contributed by atoms with van der Waals surface area (Å²) in [6, 6.07) is 1.60. The molecule has 2 heterocycles. The van der Waals surface area contributed by atoms with Crippen LogP contribution in [0.4, 0.5) is 0 Å². The van der Waals surface area contributed by atoms with Crippen molar-refractivity contribution in [1.82, 2.24) is 18.5 Å². The van der Waals surface area contributed by atoms with Crippen molar-refractivity contribution in [3.63, 3.8) is 0 Å². The molecular formula is C11H22N4O2P2S. The molecule has 2 atom stereocenters. The van der Waals surface area contributed by atoms with Crippen molar-refractivity contribution in [3.05, 3.63) is 12.3 Å². The summed E-state index contributed by atoms with van der Waals surface area (Å²) in [6.45, 7) is 7.73. The molecule has 114 valence electrons. The molecule has 1 fully saturated rings. The third-order valence-corrected chi connectivity index (χ3v) is 9.29. The van der Waals surface area contributed by atoms with E-state index in [-0.39, 0.29) is 22.5 Å². The predicted octanol–water partition coefficient (Wildman–Crippen LogP) is 1.42. The van der Waals surface area contributed by atoms with Crippen molar-refractivity contribution in [2.75, 3.05) is 33.0 Å². The highest BCUT2D eigenvalue weighted by Gasteiger charge is 2.24. The molecule has 2 unspecified atom stereocenters. The van der Waals surface area contributed by atoms with Crippen molar-refractivity contribution < 1.29 is 8.42 Å². The van der Waals surface area contributed by atoms with Crippen molar-refractivity contribution in [1.29, 1.82) is 0 Å². The molecule has 0 amide bonds. The predicted molar refractivity (Wildman–Crippen MR) is 85.4 cm³/mol. The van der Waals surface area contributed by atoms with E-state index in [0.29, 0.717) is 0 Å². The lowest BCUT2D eigenvalue weighted by Crippen LogP contribution is -2.24. The zero-order valence-electron chi connectivity index (χ0n) is 11.9. The van der Waals surface area contributed by atoms with Crippen LogP contribution in [0.3, 0.4) is 0 Å². The number of hydrogen-bond acceptors (Lipinski definition) is 4. The van der Waals surface area contributed by atoms with E-state index in [1.807, 2.05) is 13.3 Å². The lowest BCUT2D eigenvalue weighted by atomic mass is 10.4. The summed E-state index contributed by atoms with van der Waals surface area (Å²) >= 11 is 0. The highest BCUT2D eigenvalue weighted by atomic mass is 32.2. The van der Waals surface area contributed by atoms with Gasteiger partial charge in [-0.3, -0.25) is 4.68 Å². The Hall–Kier alpha value is -0.0600. The zero-order valence-corrected chi connectivity index (χ0v) is 14.7. The normalized spacial score (nSPS) is 18.4. The third kappa shape index (κ3) is 3.77. The third-order valence-electron chi connectivity index (χ3n) is 3.37. The summed E-state index contributed by atoms with van der Waals surface area (Å²) in [7, 11) is -2.92. The van der Waals surface area contributed by atoms with Gasteiger partial charge in [0.05, 0.1) is 6.54 Å². The van der Waals surface area contributed by atoms with E-state index < -0.39 is 10.0 Å². The first kappa shape index (κ1) is 16.3. The maximum atomic E-state index is 12.3. The Kier molecular flexibility index (Phi) is 5.94. The molecule has 0 aromatic carbocycles. The smallest absolute Gasteiger partial charge is 0.268 e. The van der Waals surface area contributed by atoms with Gasteiger partial charge in [-0.15, -0.1) is 0 Å². The van der Waals surface area contributed by atoms with Gasteiger partial charge in [0.1, 0.15) is 0 Å². The molecule has 1 aliphatic heterocycles. The summed E-state index contributed by atoms with van der Waals surface area (Å²) in [5.41, 5.74) is 0. The molecule has 1 saturated heterocycles. The Balaban J connectivity index is 2.00. The Labute approximate surface area is 124 Å². The van der Waals surface area contributed by atoms with Gasteiger partial charge in [0.25, 0.3) is 10.0 Å². The van der Waals surface area contributed by atoms with Crippen LogP contribution in [0.2, 0.25) is 0 Å². The summed E-state index contributed by atoms with van der Waals surface area (Å²) in [6.07, 6.45) is 4.30. The first-order valence-electron chi connectivity index (χ1n) is 6.74. The van der Waals surface area contributed by atoms with Crippen molar-refractivity contribution in [2.45, 2.75) is 24.4 Å². The number of rotatable bonds is 7. The van der Waals surface area contributed by atoms with Gasteiger partial charge in [-0.25, -0.2) is 8.42 Å². The second-order valence-electron chi connectivity index (χ2n) is 4.68. The topological polar surface area (TPSA) is 58.4 Å². The average Bonchev–Trinajstić information content (AvgIpc) is 3.09. The standard InChI is InChI=1S/C11H22N4O2P2S/c1-18-15(19-2)20(16,17)11-5-8-14(12-11)10-9-13-6-3-4-7-13/h5,8,18-19H,3-4,6-7,9-10H2,1-2H3. The minimum absolute atomic E-state index is 0.169. The molecule has 9 heteroatoms. The van der Waals surface area contributed by atoms with Gasteiger partial charge in [-0.05, 0) is 62.8 Å². The fraction of sp³-hybridized carbons (Fsp3) is 0.727. The number of aromatic nitrogens is 2. The number of hydrogen-bond donors (Lipinski definition) is 0. The molecule has 1 aromatic rings. The van der Waals surface area contributed by atoms with Gasteiger partial charge in [-0.1, -0.05) is 0 Å². The van der Waals surface area contributed by atoms with Crippen LogP contribution >= 0.6 is 17.5 Å². The minimum Gasteiger partial charge on any atom is -0.301 e. The Morgan fingerprint density at radius 1 is 1.25 bits per heavy atom. The zero-order chi connectivity index (χ0) is 14.6. The first-order valence-corrected chi connectivity index (χ1v) is 11.1. The molecule has 6 nitrogen and oxygen atoms in total. The van der Waals surface area contributed by atoms with E-state index in [4.69, 9.17) is 0 Å². The SMILES string of the molecule is CPN(PC)S(=O)(=O)c1ccn(CCN2CCCC2)n1. The van der Waals surface area contributed by atoms with Gasteiger partial charge in [0, 0.05) is 12.7 Å². The Bertz CT molecular complexity index is 524. The first-order chi connectivity index (χ1) is 9.57. The highest BCUT2D eigenvalue weighted by Crippen LogP contribution is 2.34. The van der Waals surface area contributed by atoms with Crippen LogP contribution in [0.25, 0.3) is 0 Å². The molecule has 0 radical (unpaired) electrons. The number of sulfonamides is 1. The molecule has 0 aliphatic carbocycles. The van der Waals surface area contributed by atoms with Gasteiger partial charge in [0.15, 0.2) is 5.03 Å². The van der Waals surface area contributed by atoms with E-state index in [9.17, 15) is 8.42 Å². The highest BCUT2D eigenvalue weighted by molar-refractivity contribution is 7.97. The van der Waals surface area contributed by atoms with Crippen molar-refractivity contribution >= 4 is 27.5 Å². The Morgan fingerprint density at radius 3 is 2.50 bits per heavy atom.